The van der Waals surface area contributed by atoms with Gasteiger partial charge in [0.25, 0.3) is 0 Å². The van der Waals surface area contributed by atoms with Gasteiger partial charge in [-0.2, -0.15) is 0 Å². The van der Waals surface area contributed by atoms with E-state index in [1.807, 2.05) is 30.3 Å². The highest BCUT2D eigenvalue weighted by Gasteiger charge is 2.09. The summed E-state index contributed by atoms with van der Waals surface area (Å²) in [6.07, 6.45) is 3.62. The Kier molecular flexibility index (Phi) is 3.41. The second-order valence-corrected chi connectivity index (χ2v) is 5.50. The summed E-state index contributed by atoms with van der Waals surface area (Å²) >= 11 is 1.57. The third-order valence-corrected chi connectivity index (χ3v) is 3.98. The molecular weight excluding hydrogens is 286 g/mol. The zero-order valence-corrected chi connectivity index (χ0v) is 11.7. The van der Waals surface area contributed by atoms with Crippen LogP contribution < -0.4 is 0 Å². The molecule has 0 spiro atoms. The third kappa shape index (κ3) is 2.78. The maximum atomic E-state index is 11.0. The van der Waals surface area contributed by atoms with Crippen molar-refractivity contribution >= 4 is 39.7 Å². The Morgan fingerprint density at radius 2 is 1.95 bits per heavy atom. The van der Waals surface area contributed by atoms with Crippen LogP contribution >= 0.6 is 11.3 Å². The zero-order chi connectivity index (χ0) is 14.8. The lowest BCUT2D eigenvalue weighted by Gasteiger charge is -2.00. The van der Waals surface area contributed by atoms with Crippen LogP contribution in [0.2, 0.25) is 0 Å². The molecule has 0 saturated carbocycles. The first-order valence-corrected chi connectivity index (χ1v) is 7.05. The summed E-state index contributed by atoms with van der Waals surface area (Å²) in [6, 6.07) is 12.3. The summed E-state index contributed by atoms with van der Waals surface area (Å²) in [4.78, 5) is 15.4. The second-order valence-electron chi connectivity index (χ2n) is 4.43. The molecule has 3 aromatic rings. The summed E-state index contributed by atoms with van der Waals surface area (Å²) in [5, 5.41) is 19.3. The topological polar surface area (TPSA) is 70.4 Å². The van der Waals surface area contributed by atoms with Gasteiger partial charge >= 0.3 is 5.97 Å². The summed E-state index contributed by atoms with van der Waals surface area (Å²) < 4.78 is 1.11. The molecule has 1 aromatic heterocycles. The van der Waals surface area contributed by atoms with Crippen LogP contribution in [0, 0.1) is 0 Å². The summed E-state index contributed by atoms with van der Waals surface area (Å²) in [6.45, 7) is 0. The largest absolute Gasteiger partial charge is 0.507 e. The molecule has 0 fully saturated rings. The molecule has 0 unspecified atom stereocenters. The highest BCUT2D eigenvalue weighted by molar-refractivity contribution is 7.19. The molecule has 0 radical (unpaired) electrons. The molecule has 1 heterocycles. The van der Waals surface area contributed by atoms with E-state index in [-0.39, 0.29) is 11.3 Å². The first kappa shape index (κ1) is 13.3. The quantitative estimate of drug-likeness (QED) is 0.770. The number of benzene rings is 2. The molecule has 2 N–H and O–H groups in total. The van der Waals surface area contributed by atoms with Crippen molar-refractivity contribution in [1.82, 2.24) is 4.98 Å². The number of aromatic hydroxyl groups is 1. The van der Waals surface area contributed by atoms with E-state index in [0.717, 1.165) is 15.2 Å². The third-order valence-electron chi connectivity index (χ3n) is 2.98. The van der Waals surface area contributed by atoms with Gasteiger partial charge < -0.3 is 10.2 Å². The number of carboxylic acids is 1. The minimum absolute atomic E-state index is 0.110. The number of hydrogen-bond donors (Lipinski definition) is 2. The van der Waals surface area contributed by atoms with Gasteiger partial charge in [-0.25, -0.2) is 9.78 Å². The number of rotatable bonds is 3. The Bertz CT molecular complexity index is 819. The number of carboxylic acid groups (broad SMARTS) is 1. The Morgan fingerprint density at radius 3 is 2.71 bits per heavy atom. The molecule has 0 amide bonds. The van der Waals surface area contributed by atoms with Crippen LogP contribution in [0.1, 0.15) is 20.9 Å². The van der Waals surface area contributed by atoms with Crippen molar-refractivity contribution in [2.45, 2.75) is 0 Å². The number of nitrogens with zero attached hydrogens (tertiary/aromatic N) is 1. The molecule has 5 heteroatoms. The van der Waals surface area contributed by atoms with Gasteiger partial charge in [0.15, 0.2) is 0 Å². The van der Waals surface area contributed by atoms with E-state index < -0.39 is 5.97 Å². The Morgan fingerprint density at radius 1 is 1.14 bits per heavy atom. The van der Waals surface area contributed by atoms with E-state index >= 15 is 0 Å². The van der Waals surface area contributed by atoms with E-state index in [1.165, 1.54) is 12.1 Å². The fourth-order valence-corrected chi connectivity index (χ4v) is 2.83. The van der Waals surface area contributed by atoms with Crippen LogP contribution in [0.5, 0.6) is 5.75 Å². The fourth-order valence-electron chi connectivity index (χ4n) is 1.96. The smallest absolute Gasteiger partial charge is 0.339 e. The van der Waals surface area contributed by atoms with Gasteiger partial charge in [-0.1, -0.05) is 24.3 Å². The van der Waals surface area contributed by atoms with E-state index in [0.29, 0.717) is 5.56 Å². The zero-order valence-electron chi connectivity index (χ0n) is 10.9. The highest BCUT2D eigenvalue weighted by Crippen LogP contribution is 2.24. The van der Waals surface area contributed by atoms with Crippen molar-refractivity contribution < 1.29 is 15.0 Å². The molecule has 0 saturated heterocycles. The van der Waals surface area contributed by atoms with Crippen molar-refractivity contribution in [3.8, 4) is 5.75 Å². The normalized spacial score (nSPS) is 11.2. The summed E-state index contributed by atoms with van der Waals surface area (Å²) in [5.74, 6) is -1.39. The molecule has 0 atom stereocenters. The average molecular weight is 297 g/mol. The van der Waals surface area contributed by atoms with E-state index in [9.17, 15) is 9.90 Å². The SMILES string of the molecule is O=C(O)c1cc(/C=C/c2nc3ccccc3s2)ccc1O. The first-order valence-electron chi connectivity index (χ1n) is 6.23. The van der Waals surface area contributed by atoms with Gasteiger partial charge in [0.2, 0.25) is 0 Å². The molecule has 104 valence electrons. The number of hydrogen-bond acceptors (Lipinski definition) is 4. The predicted octanol–water partition coefficient (Wildman–Crippen LogP) is 3.87. The molecule has 4 nitrogen and oxygen atoms in total. The van der Waals surface area contributed by atoms with Gasteiger partial charge in [0.1, 0.15) is 16.3 Å². The Balaban J connectivity index is 1.92. The molecule has 2 aromatic carbocycles. The number of fused-ring (bicyclic) bond motifs is 1. The van der Waals surface area contributed by atoms with Gasteiger partial charge in [0.05, 0.1) is 10.2 Å². The van der Waals surface area contributed by atoms with Crippen LogP contribution in [0.4, 0.5) is 0 Å². The lowest BCUT2D eigenvalue weighted by Crippen LogP contribution is -1.96. The van der Waals surface area contributed by atoms with Crippen molar-refractivity contribution in [3.05, 3.63) is 58.6 Å². The molecular formula is C16H11NO3S. The maximum Gasteiger partial charge on any atom is 0.339 e. The van der Waals surface area contributed by atoms with Crippen molar-refractivity contribution in [2.75, 3.05) is 0 Å². The van der Waals surface area contributed by atoms with Crippen molar-refractivity contribution in [3.63, 3.8) is 0 Å². The second kappa shape index (κ2) is 5.38. The van der Waals surface area contributed by atoms with Crippen LogP contribution in [0.25, 0.3) is 22.4 Å². The average Bonchev–Trinajstić information content (AvgIpc) is 2.89. The van der Waals surface area contributed by atoms with Gasteiger partial charge in [0, 0.05) is 0 Å². The highest BCUT2D eigenvalue weighted by atomic mass is 32.1. The van der Waals surface area contributed by atoms with E-state index in [2.05, 4.69) is 4.98 Å². The van der Waals surface area contributed by atoms with Gasteiger partial charge in [-0.05, 0) is 35.9 Å². The van der Waals surface area contributed by atoms with Crippen molar-refractivity contribution in [2.24, 2.45) is 0 Å². The van der Waals surface area contributed by atoms with Crippen LogP contribution in [-0.2, 0) is 0 Å². The lowest BCUT2D eigenvalue weighted by molar-refractivity contribution is 0.0693. The van der Waals surface area contributed by atoms with Crippen LogP contribution in [0.15, 0.2) is 42.5 Å². The van der Waals surface area contributed by atoms with Crippen molar-refractivity contribution in [1.29, 1.82) is 0 Å². The van der Waals surface area contributed by atoms with Gasteiger partial charge in [-0.3, -0.25) is 0 Å². The number of aromatic carboxylic acids is 1. The number of para-hydroxylation sites is 1. The van der Waals surface area contributed by atoms with Gasteiger partial charge in [-0.15, -0.1) is 11.3 Å². The Labute approximate surface area is 124 Å². The first-order chi connectivity index (χ1) is 10.1. The summed E-state index contributed by atoms with van der Waals surface area (Å²) in [5.41, 5.74) is 1.53. The minimum Gasteiger partial charge on any atom is -0.507 e. The fraction of sp³-hybridized carbons (Fsp3) is 0. The predicted molar refractivity (Wildman–Crippen MR) is 83.6 cm³/mol. The number of aromatic nitrogens is 1. The van der Waals surface area contributed by atoms with Crippen LogP contribution in [0.3, 0.4) is 0 Å². The molecule has 21 heavy (non-hydrogen) atoms. The maximum absolute atomic E-state index is 11.0. The number of carbonyl (C=O) groups is 1. The van der Waals surface area contributed by atoms with Crippen LogP contribution in [-0.4, -0.2) is 21.2 Å². The molecule has 3 rings (SSSR count). The Hall–Kier alpha value is -2.66. The number of thiazole rings is 1. The number of phenols is 1. The van der Waals surface area contributed by atoms with E-state index in [4.69, 9.17) is 5.11 Å². The molecule has 0 bridgehead atoms. The minimum atomic E-state index is -1.15. The lowest BCUT2D eigenvalue weighted by atomic mass is 10.1. The molecule has 0 aliphatic heterocycles. The van der Waals surface area contributed by atoms with E-state index in [1.54, 1.807) is 23.5 Å². The molecule has 0 aliphatic carbocycles. The standard InChI is InChI=1S/C16H11NO3S/c18-13-7-5-10(9-11(13)16(19)20)6-8-15-17-12-3-1-2-4-14(12)21-15/h1-9,18H,(H,19,20)/b8-6+. The molecule has 0 aliphatic rings. The monoisotopic (exact) mass is 297 g/mol. The summed E-state index contributed by atoms with van der Waals surface area (Å²) in [7, 11) is 0.